The van der Waals surface area contributed by atoms with Crippen LogP contribution < -0.4 is 14.8 Å². The highest BCUT2D eigenvalue weighted by molar-refractivity contribution is 7.89. The van der Waals surface area contributed by atoms with E-state index in [1.54, 1.807) is 12.1 Å². The van der Waals surface area contributed by atoms with Crippen molar-refractivity contribution in [3.8, 4) is 5.75 Å². The number of amides is 1. The molecule has 1 unspecified atom stereocenters. The van der Waals surface area contributed by atoms with E-state index in [2.05, 4.69) is 10.0 Å². The minimum absolute atomic E-state index is 0.0786. The molecule has 6 nitrogen and oxygen atoms in total. The van der Waals surface area contributed by atoms with E-state index < -0.39 is 10.0 Å². The maximum Gasteiger partial charge on any atom is 0.240 e. The van der Waals surface area contributed by atoms with Crippen LogP contribution in [-0.4, -0.2) is 34.0 Å². The summed E-state index contributed by atoms with van der Waals surface area (Å²) in [5.74, 6) is 0.967. The molecule has 7 heteroatoms. The third-order valence-electron chi connectivity index (χ3n) is 5.82. The maximum atomic E-state index is 12.6. The molecule has 1 heterocycles. The molecule has 0 aromatic heterocycles. The standard InChI is InChI=1S/C23H28N2O4S/c26-23(24-15-17-13-20-7-3-4-8-22(20)29-16-17)11-12-25-30(27,28)21-10-9-18-5-1-2-6-19(18)14-21/h3-4,7-10,14,17,25H,1-2,5-6,11-13,15-16H2,(H,24,26). The third kappa shape index (κ3) is 5.02. The van der Waals surface area contributed by atoms with Gasteiger partial charge in [0.05, 0.1) is 11.5 Å². The topological polar surface area (TPSA) is 84.5 Å². The van der Waals surface area contributed by atoms with Gasteiger partial charge in [-0.1, -0.05) is 24.3 Å². The first-order valence-corrected chi connectivity index (χ1v) is 12.1. The summed E-state index contributed by atoms with van der Waals surface area (Å²) in [6.45, 7) is 1.17. The predicted molar refractivity (Wildman–Crippen MR) is 115 cm³/mol. The Morgan fingerprint density at radius 3 is 2.70 bits per heavy atom. The van der Waals surface area contributed by atoms with Crippen LogP contribution in [-0.2, 0) is 34.1 Å². The molecule has 2 aromatic carbocycles. The average Bonchev–Trinajstić information content (AvgIpc) is 2.77. The highest BCUT2D eigenvalue weighted by atomic mass is 32.2. The molecule has 30 heavy (non-hydrogen) atoms. The van der Waals surface area contributed by atoms with Gasteiger partial charge in [-0.2, -0.15) is 0 Å². The van der Waals surface area contributed by atoms with Crippen LogP contribution in [0, 0.1) is 5.92 Å². The summed E-state index contributed by atoms with van der Waals surface area (Å²) in [6.07, 6.45) is 5.17. The monoisotopic (exact) mass is 428 g/mol. The van der Waals surface area contributed by atoms with Crippen molar-refractivity contribution in [3.05, 3.63) is 59.2 Å². The van der Waals surface area contributed by atoms with Gasteiger partial charge < -0.3 is 10.1 Å². The third-order valence-corrected chi connectivity index (χ3v) is 7.28. The normalized spacial score (nSPS) is 18.1. The van der Waals surface area contributed by atoms with Crippen molar-refractivity contribution in [1.82, 2.24) is 10.0 Å². The van der Waals surface area contributed by atoms with Crippen molar-refractivity contribution >= 4 is 15.9 Å². The fraction of sp³-hybridized carbons (Fsp3) is 0.435. The van der Waals surface area contributed by atoms with E-state index in [9.17, 15) is 13.2 Å². The lowest BCUT2D eigenvalue weighted by Crippen LogP contribution is -2.36. The van der Waals surface area contributed by atoms with Crippen LogP contribution >= 0.6 is 0 Å². The highest BCUT2D eigenvalue weighted by Gasteiger charge is 2.21. The Morgan fingerprint density at radius 2 is 1.83 bits per heavy atom. The molecule has 0 fully saturated rings. The molecule has 0 bridgehead atoms. The number of sulfonamides is 1. The summed E-state index contributed by atoms with van der Waals surface area (Å²) in [4.78, 5) is 12.4. The van der Waals surface area contributed by atoms with Crippen molar-refractivity contribution < 1.29 is 17.9 Å². The Balaban J connectivity index is 1.23. The predicted octanol–water partition coefficient (Wildman–Crippen LogP) is 2.60. The number of benzene rings is 2. The van der Waals surface area contributed by atoms with E-state index >= 15 is 0 Å². The van der Waals surface area contributed by atoms with Crippen molar-refractivity contribution in [1.29, 1.82) is 0 Å². The maximum absolute atomic E-state index is 12.6. The zero-order valence-corrected chi connectivity index (χ0v) is 17.8. The molecule has 1 amide bonds. The molecule has 2 N–H and O–H groups in total. The number of aryl methyl sites for hydroxylation is 2. The number of ether oxygens (including phenoxy) is 1. The summed E-state index contributed by atoms with van der Waals surface area (Å²) in [5, 5.41) is 2.90. The van der Waals surface area contributed by atoms with Crippen LogP contribution in [0.25, 0.3) is 0 Å². The van der Waals surface area contributed by atoms with Gasteiger partial charge in [-0.15, -0.1) is 0 Å². The molecule has 1 atom stereocenters. The molecule has 0 spiro atoms. The average molecular weight is 429 g/mol. The van der Waals surface area contributed by atoms with Gasteiger partial charge in [0.1, 0.15) is 5.75 Å². The van der Waals surface area contributed by atoms with Crippen LogP contribution in [0.2, 0.25) is 0 Å². The zero-order valence-electron chi connectivity index (χ0n) is 17.0. The van der Waals surface area contributed by atoms with Gasteiger partial charge in [0.15, 0.2) is 0 Å². The second-order valence-corrected chi connectivity index (χ2v) is 9.85. The summed E-state index contributed by atoms with van der Waals surface area (Å²) in [7, 11) is -3.61. The highest BCUT2D eigenvalue weighted by Crippen LogP contribution is 2.26. The van der Waals surface area contributed by atoms with E-state index in [1.807, 2.05) is 30.3 Å². The number of rotatable bonds is 7. The second-order valence-electron chi connectivity index (χ2n) is 8.08. The summed E-state index contributed by atoms with van der Waals surface area (Å²) < 4.78 is 33.4. The largest absolute Gasteiger partial charge is 0.493 e. The quantitative estimate of drug-likeness (QED) is 0.710. The first-order chi connectivity index (χ1) is 14.5. The Bertz CT molecular complexity index is 1020. The number of para-hydroxylation sites is 1. The smallest absolute Gasteiger partial charge is 0.240 e. The van der Waals surface area contributed by atoms with Crippen molar-refractivity contribution in [2.24, 2.45) is 5.92 Å². The molecular weight excluding hydrogens is 400 g/mol. The molecule has 1 aliphatic carbocycles. The number of hydrogen-bond donors (Lipinski definition) is 2. The van der Waals surface area contributed by atoms with Crippen LogP contribution in [0.1, 0.15) is 36.0 Å². The Hall–Kier alpha value is -2.38. The lowest BCUT2D eigenvalue weighted by molar-refractivity contribution is -0.121. The molecule has 160 valence electrons. The van der Waals surface area contributed by atoms with Gasteiger partial charge in [-0.05, 0) is 67.0 Å². The van der Waals surface area contributed by atoms with E-state index in [1.165, 1.54) is 5.56 Å². The zero-order chi connectivity index (χ0) is 21.0. The van der Waals surface area contributed by atoms with E-state index in [-0.39, 0.29) is 29.7 Å². The van der Waals surface area contributed by atoms with Crippen LogP contribution in [0.5, 0.6) is 5.75 Å². The molecule has 0 radical (unpaired) electrons. The van der Waals surface area contributed by atoms with Gasteiger partial charge >= 0.3 is 0 Å². The lowest BCUT2D eigenvalue weighted by Gasteiger charge is -2.25. The molecule has 4 rings (SSSR count). The van der Waals surface area contributed by atoms with Gasteiger partial charge in [-0.25, -0.2) is 13.1 Å². The fourth-order valence-corrected chi connectivity index (χ4v) is 5.21. The molecule has 2 aromatic rings. The van der Waals surface area contributed by atoms with Crippen molar-refractivity contribution in [2.75, 3.05) is 19.7 Å². The van der Waals surface area contributed by atoms with Gasteiger partial charge in [-0.3, -0.25) is 4.79 Å². The van der Waals surface area contributed by atoms with Crippen LogP contribution in [0.3, 0.4) is 0 Å². The first-order valence-electron chi connectivity index (χ1n) is 10.6. The second kappa shape index (κ2) is 9.18. The summed E-state index contributed by atoms with van der Waals surface area (Å²) in [5.41, 5.74) is 3.52. The number of fused-ring (bicyclic) bond motifs is 2. The minimum Gasteiger partial charge on any atom is -0.493 e. The molecular formula is C23H28N2O4S. The Labute approximate surface area is 178 Å². The van der Waals surface area contributed by atoms with E-state index in [4.69, 9.17) is 4.74 Å². The summed E-state index contributed by atoms with van der Waals surface area (Å²) in [6, 6.07) is 13.3. The van der Waals surface area contributed by atoms with E-state index in [0.29, 0.717) is 13.2 Å². The van der Waals surface area contributed by atoms with Gasteiger partial charge in [0, 0.05) is 25.4 Å². The summed E-state index contributed by atoms with van der Waals surface area (Å²) >= 11 is 0. The van der Waals surface area contributed by atoms with Crippen LogP contribution in [0.4, 0.5) is 0 Å². The lowest BCUT2D eigenvalue weighted by atomic mass is 9.92. The van der Waals surface area contributed by atoms with Gasteiger partial charge in [0.2, 0.25) is 15.9 Å². The molecule has 2 aliphatic rings. The molecule has 1 aliphatic heterocycles. The fourth-order valence-electron chi connectivity index (χ4n) is 4.13. The first kappa shape index (κ1) is 20.9. The molecule has 0 saturated carbocycles. The Morgan fingerprint density at radius 1 is 1.03 bits per heavy atom. The minimum atomic E-state index is -3.61. The SMILES string of the molecule is O=C(CCNS(=O)(=O)c1ccc2c(c1)CCCC2)NCC1COc2ccccc2C1. The number of carbonyl (C=O) groups is 1. The molecule has 0 saturated heterocycles. The van der Waals surface area contributed by atoms with Crippen molar-refractivity contribution in [2.45, 2.75) is 43.4 Å². The van der Waals surface area contributed by atoms with Crippen LogP contribution in [0.15, 0.2) is 47.4 Å². The number of hydrogen-bond acceptors (Lipinski definition) is 4. The van der Waals surface area contributed by atoms with Gasteiger partial charge in [0.25, 0.3) is 0 Å². The number of nitrogens with one attached hydrogen (secondary N) is 2. The van der Waals surface area contributed by atoms with E-state index in [0.717, 1.165) is 49.0 Å². The Kier molecular flexibility index (Phi) is 6.39. The number of carbonyl (C=O) groups excluding carboxylic acids is 1. The van der Waals surface area contributed by atoms with Crippen molar-refractivity contribution in [3.63, 3.8) is 0 Å².